The number of anilines is 1. The number of rotatable bonds is 3. The van der Waals surface area contributed by atoms with E-state index >= 15 is 0 Å². The molecule has 1 aromatic heterocycles. The molecule has 0 aliphatic carbocycles. The van der Waals surface area contributed by atoms with Crippen molar-refractivity contribution in [3.8, 4) is 0 Å². The van der Waals surface area contributed by atoms with Gasteiger partial charge in [-0.3, -0.25) is 4.79 Å². The first-order valence-electron chi connectivity index (χ1n) is 5.65. The summed E-state index contributed by atoms with van der Waals surface area (Å²) in [6, 6.07) is 7.52. The Morgan fingerprint density at radius 2 is 2.11 bits per heavy atom. The smallest absolute Gasteiger partial charge is 0.241 e. The van der Waals surface area contributed by atoms with E-state index in [1.54, 1.807) is 20.2 Å². The molecule has 18 heavy (non-hydrogen) atoms. The molecule has 0 spiro atoms. The first-order chi connectivity index (χ1) is 8.63. The highest BCUT2D eigenvalue weighted by Gasteiger charge is 2.13. The van der Waals surface area contributed by atoms with Gasteiger partial charge in [-0.2, -0.15) is 0 Å². The second kappa shape index (κ2) is 5.35. The zero-order valence-electron chi connectivity index (χ0n) is 10.2. The molecular weight excluding hydrogens is 294 g/mol. The van der Waals surface area contributed by atoms with Crippen molar-refractivity contribution in [2.75, 3.05) is 12.4 Å². The zero-order chi connectivity index (χ0) is 13.1. The first-order valence-corrected chi connectivity index (χ1v) is 6.44. The molecule has 4 nitrogen and oxygen atoms in total. The molecule has 0 aliphatic heterocycles. The van der Waals surface area contributed by atoms with Crippen LogP contribution in [0.1, 0.15) is 6.92 Å². The predicted molar refractivity (Wildman–Crippen MR) is 76.6 cm³/mol. The number of hydrogen-bond acceptors (Lipinski definition) is 3. The number of fused-ring (bicyclic) bond motifs is 1. The topological polar surface area (TPSA) is 54.0 Å². The van der Waals surface area contributed by atoms with Crippen LogP contribution in [0.2, 0.25) is 0 Å². The van der Waals surface area contributed by atoms with Crippen LogP contribution >= 0.6 is 15.9 Å². The van der Waals surface area contributed by atoms with Gasteiger partial charge in [-0.15, -0.1) is 0 Å². The minimum atomic E-state index is -0.327. The summed E-state index contributed by atoms with van der Waals surface area (Å²) < 4.78 is 1.01. The van der Waals surface area contributed by atoms with E-state index in [0.29, 0.717) is 5.82 Å². The summed E-state index contributed by atoms with van der Waals surface area (Å²) >= 11 is 3.51. The van der Waals surface area contributed by atoms with Crippen molar-refractivity contribution < 1.29 is 4.79 Å². The number of carbonyl (C=O) groups is 1. The highest BCUT2D eigenvalue weighted by Crippen LogP contribution is 2.27. The van der Waals surface area contributed by atoms with Gasteiger partial charge in [-0.25, -0.2) is 4.98 Å². The number of halogens is 1. The standard InChI is InChI=1S/C13H14BrN3O/c1-8(13(18)15-2)17-12-10-4-3-5-11(14)9(10)6-7-16-12/h3-8H,1-2H3,(H,15,18)(H,16,17). The van der Waals surface area contributed by atoms with E-state index < -0.39 is 0 Å². The average molecular weight is 308 g/mol. The molecule has 1 atom stereocenters. The Morgan fingerprint density at radius 1 is 1.33 bits per heavy atom. The SMILES string of the molecule is CNC(=O)C(C)Nc1nccc2c(Br)cccc12. The van der Waals surface area contributed by atoms with Crippen molar-refractivity contribution in [1.29, 1.82) is 0 Å². The van der Waals surface area contributed by atoms with Crippen LogP contribution in [0.3, 0.4) is 0 Å². The van der Waals surface area contributed by atoms with Crippen LogP contribution < -0.4 is 10.6 Å². The van der Waals surface area contributed by atoms with Gasteiger partial charge in [0, 0.05) is 28.5 Å². The van der Waals surface area contributed by atoms with Gasteiger partial charge in [0.25, 0.3) is 0 Å². The summed E-state index contributed by atoms with van der Waals surface area (Å²) in [6.07, 6.45) is 1.73. The third-order valence-corrected chi connectivity index (χ3v) is 3.44. The number of carbonyl (C=O) groups excluding carboxylic acids is 1. The molecular formula is C13H14BrN3O. The molecule has 94 valence electrons. The normalized spacial score (nSPS) is 12.2. The number of hydrogen-bond donors (Lipinski definition) is 2. The van der Waals surface area contributed by atoms with Crippen LogP contribution in [-0.2, 0) is 4.79 Å². The fraction of sp³-hybridized carbons (Fsp3) is 0.231. The van der Waals surface area contributed by atoms with Gasteiger partial charge in [-0.1, -0.05) is 28.1 Å². The van der Waals surface area contributed by atoms with Gasteiger partial charge >= 0.3 is 0 Å². The van der Waals surface area contributed by atoms with Crippen LogP contribution in [0.4, 0.5) is 5.82 Å². The lowest BCUT2D eigenvalue weighted by atomic mass is 10.1. The molecule has 2 aromatic rings. The molecule has 0 bridgehead atoms. The summed E-state index contributed by atoms with van der Waals surface area (Å²) in [5.74, 6) is 0.647. The quantitative estimate of drug-likeness (QED) is 0.916. The molecule has 5 heteroatoms. The van der Waals surface area contributed by atoms with Crippen LogP contribution in [0.25, 0.3) is 10.8 Å². The first kappa shape index (κ1) is 12.8. The van der Waals surface area contributed by atoms with Crippen molar-refractivity contribution in [2.45, 2.75) is 13.0 Å². The third-order valence-electron chi connectivity index (χ3n) is 2.75. The van der Waals surface area contributed by atoms with Crippen molar-refractivity contribution in [3.63, 3.8) is 0 Å². The van der Waals surface area contributed by atoms with Gasteiger partial charge in [0.2, 0.25) is 5.91 Å². The number of aromatic nitrogens is 1. The summed E-state index contributed by atoms with van der Waals surface area (Å²) in [5, 5.41) is 7.78. The fourth-order valence-corrected chi connectivity index (χ4v) is 2.27. The highest BCUT2D eigenvalue weighted by atomic mass is 79.9. The maximum Gasteiger partial charge on any atom is 0.241 e. The van der Waals surface area contributed by atoms with Gasteiger partial charge in [0.1, 0.15) is 11.9 Å². The molecule has 1 heterocycles. The van der Waals surface area contributed by atoms with Gasteiger partial charge < -0.3 is 10.6 Å². The third kappa shape index (κ3) is 2.46. The van der Waals surface area contributed by atoms with E-state index in [4.69, 9.17) is 0 Å². The number of nitrogens with one attached hydrogen (secondary N) is 2. The van der Waals surface area contributed by atoms with E-state index in [-0.39, 0.29) is 11.9 Å². The molecule has 0 saturated heterocycles. The maximum atomic E-state index is 11.5. The van der Waals surface area contributed by atoms with Gasteiger partial charge in [0.15, 0.2) is 0 Å². The van der Waals surface area contributed by atoms with Crippen molar-refractivity contribution in [2.24, 2.45) is 0 Å². The summed E-state index contributed by atoms with van der Waals surface area (Å²) in [6.45, 7) is 1.80. The summed E-state index contributed by atoms with van der Waals surface area (Å²) in [5.41, 5.74) is 0. The molecule has 0 radical (unpaired) electrons. The second-order valence-electron chi connectivity index (χ2n) is 3.97. The number of benzene rings is 1. The van der Waals surface area contributed by atoms with Crippen LogP contribution in [0.15, 0.2) is 34.9 Å². The van der Waals surface area contributed by atoms with Gasteiger partial charge in [0.05, 0.1) is 0 Å². The molecule has 1 aromatic carbocycles. The maximum absolute atomic E-state index is 11.5. The Labute approximate surface area is 114 Å². The zero-order valence-corrected chi connectivity index (χ0v) is 11.8. The Kier molecular flexibility index (Phi) is 3.81. The summed E-state index contributed by atoms with van der Waals surface area (Å²) in [7, 11) is 1.62. The molecule has 0 saturated carbocycles. The van der Waals surface area contributed by atoms with Crippen LogP contribution in [0, 0.1) is 0 Å². The van der Waals surface area contributed by atoms with E-state index in [1.165, 1.54) is 0 Å². The lowest BCUT2D eigenvalue weighted by molar-refractivity contribution is -0.121. The lowest BCUT2D eigenvalue weighted by Gasteiger charge is -2.14. The average Bonchev–Trinajstić information content (AvgIpc) is 2.39. The second-order valence-corrected chi connectivity index (χ2v) is 4.83. The molecule has 0 aliphatic rings. The number of pyridine rings is 1. The lowest BCUT2D eigenvalue weighted by Crippen LogP contribution is -2.35. The largest absolute Gasteiger partial charge is 0.358 e. The Hall–Kier alpha value is -1.62. The molecule has 2 rings (SSSR count). The van der Waals surface area contributed by atoms with Crippen molar-refractivity contribution in [1.82, 2.24) is 10.3 Å². The molecule has 1 amide bonds. The Bertz CT molecular complexity index is 585. The Morgan fingerprint density at radius 3 is 2.83 bits per heavy atom. The fourth-order valence-electron chi connectivity index (χ4n) is 1.77. The number of nitrogens with zero attached hydrogens (tertiary/aromatic N) is 1. The molecule has 2 N–H and O–H groups in total. The minimum Gasteiger partial charge on any atom is -0.358 e. The number of likely N-dealkylation sites (N-methyl/N-ethyl adjacent to an activating group) is 1. The van der Waals surface area contributed by atoms with Gasteiger partial charge in [-0.05, 0) is 19.1 Å². The molecule has 0 fully saturated rings. The van der Waals surface area contributed by atoms with Crippen LogP contribution in [0.5, 0.6) is 0 Å². The van der Waals surface area contributed by atoms with Crippen molar-refractivity contribution in [3.05, 3.63) is 34.9 Å². The highest BCUT2D eigenvalue weighted by molar-refractivity contribution is 9.10. The Balaban J connectivity index is 2.40. The van der Waals surface area contributed by atoms with E-state index in [0.717, 1.165) is 15.2 Å². The predicted octanol–water partition coefficient (Wildman–Crippen LogP) is 2.54. The van der Waals surface area contributed by atoms with Crippen molar-refractivity contribution >= 4 is 38.4 Å². The van der Waals surface area contributed by atoms with E-state index in [1.807, 2.05) is 24.3 Å². The monoisotopic (exact) mass is 307 g/mol. The summed E-state index contributed by atoms with van der Waals surface area (Å²) in [4.78, 5) is 15.8. The number of amides is 1. The molecule has 1 unspecified atom stereocenters. The minimum absolute atomic E-state index is 0.0659. The van der Waals surface area contributed by atoms with E-state index in [2.05, 4.69) is 31.5 Å². The van der Waals surface area contributed by atoms with E-state index in [9.17, 15) is 4.79 Å². The van der Waals surface area contributed by atoms with Crippen LogP contribution in [-0.4, -0.2) is 24.0 Å².